The molecule has 6 heteroatoms. The summed E-state index contributed by atoms with van der Waals surface area (Å²) in [5.41, 5.74) is 2.51. The second-order valence-corrected chi connectivity index (χ2v) is 5.83. The quantitative estimate of drug-likeness (QED) is 0.571. The molecule has 0 amide bonds. The van der Waals surface area contributed by atoms with Crippen molar-refractivity contribution in [3.8, 4) is 28.6 Å². The maximum Gasteiger partial charge on any atom is 0.165 e. The molecule has 0 unspecified atom stereocenters. The van der Waals surface area contributed by atoms with Crippen LogP contribution in [-0.4, -0.2) is 22.1 Å². The number of benzene rings is 2. The highest BCUT2D eigenvalue weighted by Crippen LogP contribution is 2.31. The summed E-state index contributed by atoms with van der Waals surface area (Å²) in [6.45, 7) is 1.97. The SMILES string of the molecule is COc1ccc(-c2ncc3c(Oc4ccccc4F)c[nH]c3n2)cc1C. The Bertz CT molecular complexity index is 1090. The van der Waals surface area contributed by atoms with Gasteiger partial charge < -0.3 is 14.5 Å². The molecule has 5 nitrogen and oxygen atoms in total. The van der Waals surface area contributed by atoms with E-state index in [0.29, 0.717) is 22.6 Å². The summed E-state index contributed by atoms with van der Waals surface area (Å²) in [6.07, 6.45) is 3.32. The fraction of sp³-hybridized carbons (Fsp3) is 0.100. The van der Waals surface area contributed by atoms with Gasteiger partial charge >= 0.3 is 0 Å². The minimum absolute atomic E-state index is 0.156. The van der Waals surface area contributed by atoms with Crippen LogP contribution in [-0.2, 0) is 0 Å². The Labute approximate surface area is 149 Å². The van der Waals surface area contributed by atoms with Crippen LogP contribution in [0.4, 0.5) is 4.39 Å². The lowest BCUT2D eigenvalue weighted by Gasteiger charge is -2.07. The molecule has 0 radical (unpaired) electrons. The third kappa shape index (κ3) is 2.86. The lowest BCUT2D eigenvalue weighted by molar-refractivity contribution is 0.412. The van der Waals surface area contributed by atoms with Crippen LogP contribution in [0.1, 0.15) is 5.56 Å². The summed E-state index contributed by atoms with van der Waals surface area (Å²) in [5.74, 6) is 1.61. The second-order valence-electron chi connectivity index (χ2n) is 5.83. The minimum atomic E-state index is -0.423. The summed E-state index contributed by atoms with van der Waals surface area (Å²) in [5, 5.41) is 0.683. The Kier molecular flexibility index (Phi) is 4.01. The minimum Gasteiger partial charge on any atom is -0.496 e. The van der Waals surface area contributed by atoms with E-state index in [0.717, 1.165) is 16.9 Å². The molecule has 4 rings (SSSR count). The molecule has 0 bridgehead atoms. The molecule has 0 aliphatic rings. The average Bonchev–Trinajstić information content (AvgIpc) is 3.05. The molecule has 0 aliphatic heterocycles. The number of methoxy groups -OCH3 is 1. The number of hydrogen-bond acceptors (Lipinski definition) is 4. The van der Waals surface area contributed by atoms with Gasteiger partial charge in [-0.25, -0.2) is 14.4 Å². The lowest BCUT2D eigenvalue weighted by atomic mass is 10.1. The van der Waals surface area contributed by atoms with Crippen molar-refractivity contribution in [3.05, 3.63) is 66.2 Å². The molecule has 0 atom stereocenters. The fourth-order valence-corrected chi connectivity index (χ4v) is 2.77. The van der Waals surface area contributed by atoms with Gasteiger partial charge in [-0.15, -0.1) is 0 Å². The number of aromatic amines is 1. The van der Waals surface area contributed by atoms with E-state index in [1.807, 2.05) is 25.1 Å². The molecule has 1 N–H and O–H groups in total. The molecule has 2 aromatic heterocycles. The van der Waals surface area contributed by atoms with Crippen molar-refractivity contribution in [3.63, 3.8) is 0 Å². The van der Waals surface area contributed by atoms with Crippen molar-refractivity contribution in [2.75, 3.05) is 7.11 Å². The average molecular weight is 349 g/mol. The molecule has 130 valence electrons. The first-order chi connectivity index (χ1) is 12.7. The van der Waals surface area contributed by atoms with Gasteiger partial charge in [-0.2, -0.15) is 0 Å². The van der Waals surface area contributed by atoms with Crippen LogP contribution in [0.3, 0.4) is 0 Å². The van der Waals surface area contributed by atoms with E-state index in [4.69, 9.17) is 9.47 Å². The molecule has 0 fully saturated rings. The van der Waals surface area contributed by atoms with Gasteiger partial charge in [-0.05, 0) is 42.8 Å². The maximum absolute atomic E-state index is 13.8. The van der Waals surface area contributed by atoms with E-state index in [1.54, 1.807) is 37.7 Å². The Morgan fingerprint density at radius 1 is 1.04 bits per heavy atom. The van der Waals surface area contributed by atoms with Crippen LogP contribution in [0.25, 0.3) is 22.4 Å². The van der Waals surface area contributed by atoms with E-state index < -0.39 is 5.82 Å². The number of aromatic nitrogens is 3. The van der Waals surface area contributed by atoms with Gasteiger partial charge in [0.1, 0.15) is 11.4 Å². The third-order valence-electron chi connectivity index (χ3n) is 4.10. The van der Waals surface area contributed by atoms with Gasteiger partial charge in [0.2, 0.25) is 0 Å². The number of halogens is 1. The van der Waals surface area contributed by atoms with E-state index in [9.17, 15) is 4.39 Å². The number of aryl methyl sites for hydroxylation is 1. The van der Waals surface area contributed by atoms with Crippen LogP contribution in [0.2, 0.25) is 0 Å². The first-order valence-corrected chi connectivity index (χ1v) is 8.07. The third-order valence-corrected chi connectivity index (χ3v) is 4.10. The van der Waals surface area contributed by atoms with Crippen LogP contribution in [0.15, 0.2) is 54.9 Å². The predicted octanol–water partition coefficient (Wildman–Crippen LogP) is 4.87. The summed E-state index contributed by atoms with van der Waals surface area (Å²) >= 11 is 0. The molecule has 2 heterocycles. The van der Waals surface area contributed by atoms with Crippen molar-refractivity contribution in [1.82, 2.24) is 15.0 Å². The van der Waals surface area contributed by atoms with Gasteiger partial charge in [-0.3, -0.25) is 0 Å². The predicted molar refractivity (Wildman–Crippen MR) is 97.1 cm³/mol. The molecular formula is C20H16FN3O2. The highest BCUT2D eigenvalue weighted by molar-refractivity contribution is 5.84. The van der Waals surface area contributed by atoms with Gasteiger partial charge in [0.25, 0.3) is 0 Å². The zero-order valence-corrected chi connectivity index (χ0v) is 14.3. The Hall–Kier alpha value is -3.41. The van der Waals surface area contributed by atoms with Crippen LogP contribution < -0.4 is 9.47 Å². The van der Waals surface area contributed by atoms with Crippen LogP contribution in [0.5, 0.6) is 17.2 Å². The topological polar surface area (TPSA) is 60.0 Å². The zero-order chi connectivity index (χ0) is 18.1. The molecule has 0 aliphatic carbocycles. The van der Waals surface area contributed by atoms with E-state index in [-0.39, 0.29) is 5.75 Å². The highest BCUT2D eigenvalue weighted by Gasteiger charge is 2.12. The Morgan fingerprint density at radius 2 is 1.88 bits per heavy atom. The summed E-state index contributed by atoms with van der Waals surface area (Å²) in [7, 11) is 1.64. The van der Waals surface area contributed by atoms with Crippen molar-refractivity contribution in [1.29, 1.82) is 0 Å². The summed E-state index contributed by atoms with van der Waals surface area (Å²) in [4.78, 5) is 12.0. The van der Waals surface area contributed by atoms with Crippen molar-refractivity contribution >= 4 is 11.0 Å². The number of nitrogens with one attached hydrogen (secondary N) is 1. The van der Waals surface area contributed by atoms with Gasteiger partial charge in [-0.1, -0.05) is 12.1 Å². The summed E-state index contributed by atoms with van der Waals surface area (Å²) < 4.78 is 24.7. The van der Waals surface area contributed by atoms with Crippen molar-refractivity contribution < 1.29 is 13.9 Å². The second kappa shape index (κ2) is 6.48. The number of H-pyrrole nitrogens is 1. The van der Waals surface area contributed by atoms with Gasteiger partial charge in [0.05, 0.1) is 12.5 Å². The molecule has 2 aromatic carbocycles. The van der Waals surface area contributed by atoms with Crippen molar-refractivity contribution in [2.24, 2.45) is 0 Å². The van der Waals surface area contributed by atoms with E-state index >= 15 is 0 Å². The first-order valence-electron chi connectivity index (χ1n) is 8.07. The summed E-state index contributed by atoms with van der Waals surface area (Å²) in [6, 6.07) is 12.0. The molecule has 0 saturated heterocycles. The molecule has 0 saturated carbocycles. The Morgan fingerprint density at radius 3 is 2.65 bits per heavy atom. The molecule has 26 heavy (non-hydrogen) atoms. The zero-order valence-electron chi connectivity index (χ0n) is 14.3. The van der Waals surface area contributed by atoms with Crippen LogP contribution in [0, 0.1) is 12.7 Å². The standard InChI is InChI=1S/C20H16FN3O2/c1-12-9-13(7-8-16(12)25-2)19-22-10-14-18(11-23-20(14)24-19)26-17-6-4-3-5-15(17)21/h3-11H,1-2H3,(H,22,23,24). The van der Waals surface area contributed by atoms with E-state index in [1.165, 1.54) is 6.07 Å². The number of nitrogens with zero attached hydrogens (tertiary/aromatic N) is 2. The first kappa shape index (κ1) is 16.1. The normalized spacial score (nSPS) is 10.9. The Balaban J connectivity index is 1.69. The lowest BCUT2D eigenvalue weighted by Crippen LogP contribution is -1.92. The van der Waals surface area contributed by atoms with Gasteiger partial charge in [0, 0.05) is 18.0 Å². The van der Waals surface area contributed by atoms with Crippen LogP contribution >= 0.6 is 0 Å². The highest BCUT2D eigenvalue weighted by atomic mass is 19.1. The fourth-order valence-electron chi connectivity index (χ4n) is 2.77. The van der Waals surface area contributed by atoms with E-state index in [2.05, 4.69) is 15.0 Å². The molecule has 0 spiro atoms. The van der Waals surface area contributed by atoms with Gasteiger partial charge in [0.15, 0.2) is 23.1 Å². The maximum atomic E-state index is 13.8. The number of fused-ring (bicyclic) bond motifs is 1. The number of ether oxygens (including phenoxy) is 2. The number of para-hydroxylation sites is 1. The number of hydrogen-bond donors (Lipinski definition) is 1. The number of rotatable bonds is 4. The smallest absolute Gasteiger partial charge is 0.165 e. The molecular weight excluding hydrogens is 333 g/mol. The monoisotopic (exact) mass is 349 g/mol. The van der Waals surface area contributed by atoms with Crippen molar-refractivity contribution in [2.45, 2.75) is 6.92 Å². The largest absolute Gasteiger partial charge is 0.496 e. The molecule has 4 aromatic rings.